The van der Waals surface area contributed by atoms with E-state index >= 15 is 0 Å². The zero-order chi connectivity index (χ0) is 13.8. The summed E-state index contributed by atoms with van der Waals surface area (Å²) in [5.74, 6) is -1.67. The molecule has 3 N–H and O–H groups in total. The van der Waals surface area contributed by atoms with Crippen molar-refractivity contribution in [3.8, 4) is 0 Å². The number of carbonyl (C=O) groups is 2. The lowest BCUT2D eigenvalue weighted by Crippen LogP contribution is -2.36. The highest BCUT2D eigenvalue weighted by Gasteiger charge is 2.25. The lowest BCUT2D eigenvalue weighted by atomic mass is 10.1. The molecule has 2 rings (SSSR count). The molecule has 1 atom stereocenters. The summed E-state index contributed by atoms with van der Waals surface area (Å²) in [7, 11) is 0. The molecule has 6 heteroatoms. The molecule has 0 radical (unpaired) electrons. The molecule has 1 amide bonds. The highest BCUT2D eigenvalue weighted by Crippen LogP contribution is 2.15. The summed E-state index contributed by atoms with van der Waals surface area (Å²) in [5.41, 5.74) is 5.60. The fourth-order valence-electron chi connectivity index (χ4n) is 1.95. The molecule has 5 nitrogen and oxygen atoms in total. The Balaban J connectivity index is 2.09. The van der Waals surface area contributed by atoms with Crippen molar-refractivity contribution in [1.82, 2.24) is 5.32 Å². The van der Waals surface area contributed by atoms with Gasteiger partial charge in [-0.3, -0.25) is 4.79 Å². The molecule has 0 spiro atoms. The minimum atomic E-state index is -0.820. The highest BCUT2D eigenvalue weighted by molar-refractivity contribution is 5.93. The van der Waals surface area contributed by atoms with E-state index in [1.165, 1.54) is 6.07 Å². The number of esters is 1. The summed E-state index contributed by atoms with van der Waals surface area (Å²) < 4.78 is 18.2. The van der Waals surface area contributed by atoms with Gasteiger partial charge in [-0.25, -0.2) is 9.18 Å². The number of nitrogens with two attached hydrogens (primary N) is 1. The van der Waals surface area contributed by atoms with Crippen LogP contribution in [0.5, 0.6) is 0 Å². The molecule has 1 aliphatic rings. The maximum atomic E-state index is 13.1. The van der Waals surface area contributed by atoms with Crippen LogP contribution in [0.15, 0.2) is 18.2 Å². The van der Waals surface area contributed by atoms with Crippen molar-refractivity contribution in [2.24, 2.45) is 0 Å². The van der Waals surface area contributed by atoms with Crippen molar-refractivity contribution < 1.29 is 18.7 Å². The monoisotopic (exact) mass is 266 g/mol. The first-order valence-corrected chi connectivity index (χ1v) is 6.11. The van der Waals surface area contributed by atoms with Crippen LogP contribution < -0.4 is 11.1 Å². The Bertz CT molecular complexity index is 484. The normalized spacial score (nSPS) is 19.4. The third-order valence-electron chi connectivity index (χ3n) is 2.89. The third-order valence-corrected chi connectivity index (χ3v) is 2.89. The number of nitrogen functional groups attached to an aromatic ring is 1. The first-order chi connectivity index (χ1) is 9.06. The lowest BCUT2D eigenvalue weighted by Gasteiger charge is -2.14. The van der Waals surface area contributed by atoms with Crippen LogP contribution in [0, 0.1) is 5.82 Å². The number of nitrogens with one attached hydrogen (secondary N) is 1. The van der Waals surface area contributed by atoms with Crippen molar-refractivity contribution >= 4 is 17.6 Å². The number of amides is 1. The van der Waals surface area contributed by atoms with Crippen LogP contribution in [0.3, 0.4) is 0 Å². The number of anilines is 1. The predicted octanol–water partition coefficient (Wildman–Crippen LogP) is 1.23. The second kappa shape index (κ2) is 5.69. The van der Waals surface area contributed by atoms with Gasteiger partial charge in [0.1, 0.15) is 5.82 Å². The molecule has 1 aliphatic heterocycles. The van der Waals surface area contributed by atoms with Gasteiger partial charge >= 0.3 is 5.97 Å². The zero-order valence-corrected chi connectivity index (χ0v) is 10.3. The van der Waals surface area contributed by atoms with E-state index < -0.39 is 17.9 Å². The van der Waals surface area contributed by atoms with Gasteiger partial charge in [0.15, 0.2) is 6.10 Å². The number of rotatable bonds is 2. The van der Waals surface area contributed by atoms with E-state index in [1.54, 1.807) is 0 Å². The van der Waals surface area contributed by atoms with Crippen LogP contribution in [-0.2, 0) is 9.53 Å². The van der Waals surface area contributed by atoms with Crippen LogP contribution in [0.25, 0.3) is 0 Å². The SMILES string of the molecule is Nc1cc(F)cc(C(=O)OC2CCCCNC2=O)c1. The predicted molar refractivity (Wildman–Crippen MR) is 66.9 cm³/mol. The van der Waals surface area contributed by atoms with Crippen LogP contribution in [0.1, 0.15) is 29.6 Å². The van der Waals surface area contributed by atoms with Crippen LogP contribution in [0.4, 0.5) is 10.1 Å². The quantitative estimate of drug-likeness (QED) is 0.623. The summed E-state index contributed by atoms with van der Waals surface area (Å²) >= 11 is 0. The minimum Gasteiger partial charge on any atom is -0.449 e. The van der Waals surface area contributed by atoms with Gasteiger partial charge in [-0.15, -0.1) is 0 Å². The molecule has 1 heterocycles. The Hall–Kier alpha value is -2.11. The second-order valence-corrected chi connectivity index (χ2v) is 4.45. The topological polar surface area (TPSA) is 81.4 Å². The minimum absolute atomic E-state index is 0.00884. The van der Waals surface area contributed by atoms with Gasteiger partial charge in [-0.05, 0) is 37.5 Å². The lowest BCUT2D eigenvalue weighted by molar-refractivity contribution is -0.129. The molecular formula is C13H15FN2O3. The van der Waals surface area contributed by atoms with E-state index in [9.17, 15) is 14.0 Å². The summed E-state index contributed by atoms with van der Waals surface area (Å²) in [6.07, 6.45) is 1.30. The number of halogens is 1. The summed E-state index contributed by atoms with van der Waals surface area (Å²) in [6.45, 7) is 0.583. The van der Waals surface area contributed by atoms with Gasteiger partial charge in [-0.1, -0.05) is 0 Å². The first kappa shape index (κ1) is 13.3. The van der Waals surface area contributed by atoms with Gasteiger partial charge in [0.2, 0.25) is 0 Å². The molecule has 1 fully saturated rings. The summed E-state index contributed by atoms with van der Waals surface area (Å²) in [6, 6.07) is 3.46. The molecule has 0 saturated carbocycles. The number of hydrogen-bond donors (Lipinski definition) is 2. The average Bonchev–Trinajstić information content (AvgIpc) is 2.54. The number of ether oxygens (including phenoxy) is 1. The van der Waals surface area contributed by atoms with E-state index in [0.29, 0.717) is 13.0 Å². The fraction of sp³-hybridized carbons (Fsp3) is 0.385. The molecule has 1 aromatic carbocycles. The summed E-state index contributed by atoms with van der Waals surface area (Å²) in [4.78, 5) is 23.5. The number of carbonyl (C=O) groups excluding carboxylic acids is 2. The molecule has 0 aromatic heterocycles. The molecular weight excluding hydrogens is 251 g/mol. The van der Waals surface area contributed by atoms with Crippen molar-refractivity contribution in [3.05, 3.63) is 29.6 Å². The Labute approximate surface area is 109 Å². The Morgan fingerprint density at radius 2 is 2.16 bits per heavy atom. The van der Waals surface area contributed by atoms with Gasteiger partial charge in [0, 0.05) is 12.2 Å². The van der Waals surface area contributed by atoms with E-state index in [0.717, 1.165) is 25.0 Å². The van der Waals surface area contributed by atoms with Crippen molar-refractivity contribution in [2.45, 2.75) is 25.4 Å². The van der Waals surface area contributed by atoms with Gasteiger partial charge < -0.3 is 15.8 Å². The van der Waals surface area contributed by atoms with Gasteiger partial charge in [0.05, 0.1) is 5.56 Å². The van der Waals surface area contributed by atoms with Crippen LogP contribution >= 0.6 is 0 Å². The third kappa shape index (κ3) is 3.43. The maximum Gasteiger partial charge on any atom is 0.339 e. The smallest absolute Gasteiger partial charge is 0.339 e. The van der Waals surface area contributed by atoms with E-state index in [1.807, 2.05) is 0 Å². The first-order valence-electron chi connectivity index (χ1n) is 6.11. The van der Waals surface area contributed by atoms with Crippen molar-refractivity contribution in [1.29, 1.82) is 0 Å². The second-order valence-electron chi connectivity index (χ2n) is 4.45. The molecule has 0 bridgehead atoms. The largest absolute Gasteiger partial charge is 0.449 e. The highest BCUT2D eigenvalue weighted by atomic mass is 19.1. The van der Waals surface area contributed by atoms with Gasteiger partial charge in [0.25, 0.3) is 5.91 Å². The molecule has 102 valence electrons. The van der Waals surface area contributed by atoms with E-state index in [4.69, 9.17) is 10.5 Å². The molecule has 0 aliphatic carbocycles. The van der Waals surface area contributed by atoms with Crippen LogP contribution in [-0.4, -0.2) is 24.5 Å². The number of hydrogen-bond acceptors (Lipinski definition) is 4. The Morgan fingerprint density at radius 1 is 1.37 bits per heavy atom. The molecule has 19 heavy (non-hydrogen) atoms. The number of benzene rings is 1. The fourth-order valence-corrected chi connectivity index (χ4v) is 1.95. The molecule has 1 aromatic rings. The van der Waals surface area contributed by atoms with Crippen LogP contribution in [0.2, 0.25) is 0 Å². The molecule has 1 unspecified atom stereocenters. The zero-order valence-electron chi connectivity index (χ0n) is 10.3. The Kier molecular flexibility index (Phi) is 3.99. The Morgan fingerprint density at radius 3 is 2.89 bits per heavy atom. The molecule has 1 saturated heterocycles. The summed E-state index contributed by atoms with van der Waals surface area (Å²) in [5, 5.41) is 2.66. The average molecular weight is 266 g/mol. The standard InChI is InChI=1S/C13H15FN2O3/c14-9-5-8(6-10(15)7-9)13(18)19-11-3-1-2-4-16-12(11)17/h5-7,11H,1-4,15H2,(H,16,17). The van der Waals surface area contributed by atoms with E-state index in [2.05, 4.69) is 5.32 Å². The van der Waals surface area contributed by atoms with Gasteiger partial charge in [-0.2, -0.15) is 0 Å². The maximum absolute atomic E-state index is 13.1. The van der Waals surface area contributed by atoms with Crippen molar-refractivity contribution in [2.75, 3.05) is 12.3 Å². The van der Waals surface area contributed by atoms with Crippen molar-refractivity contribution in [3.63, 3.8) is 0 Å². The van der Waals surface area contributed by atoms with E-state index in [-0.39, 0.29) is 17.2 Å².